The van der Waals surface area contributed by atoms with Crippen LogP contribution >= 0.6 is 0 Å². The topological polar surface area (TPSA) is 75.4 Å². The summed E-state index contributed by atoms with van der Waals surface area (Å²) in [6.07, 6.45) is 4.29. The molecule has 1 fully saturated rings. The van der Waals surface area contributed by atoms with E-state index in [-0.39, 0.29) is 30.3 Å². The van der Waals surface area contributed by atoms with Crippen molar-refractivity contribution in [2.24, 2.45) is 5.92 Å². The molecular weight excluding hydrogens is 313 g/mol. The van der Waals surface area contributed by atoms with E-state index >= 15 is 0 Å². The molecule has 1 N–H and O–H groups in total. The summed E-state index contributed by atoms with van der Waals surface area (Å²) in [4.78, 5) is 29.7. The van der Waals surface area contributed by atoms with Crippen LogP contribution in [0.15, 0.2) is 41.5 Å². The third kappa shape index (κ3) is 3.29. The molecule has 1 atom stereocenters. The second-order valence-electron chi connectivity index (χ2n) is 5.90. The Bertz CT molecular complexity index is 806. The summed E-state index contributed by atoms with van der Waals surface area (Å²) in [5.74, 6) is -1.51. The minimum Gasteiger partial charge on any atom is -0.481 e. The monoisotopic (exact) mass is 331 g/mol. The number of hydrogen-bond donors (Lipinski definition) is 1. The second-order valence-corrected chi connectivity index (χ2v) is 5.90. The van der Waals surface area contributed by atoms with Gasteiger partial charge >= 0.3 is 5.97 Å². The minimum atomic E-state index is -0.859. The average Bonchev–Trinajstić information content (AvgIpc) is 2.59. The van der Waals surface area contributed by atoms with Crippen molar-refractivity contribution in [3.05, 3.63) is 58.4 Å². The van der Waals surface area contributed by atoms with Gasteiger partial charge in [-0.1, -0.05) is 18.2 Å². The van der Waals surface area contributed by atoms with Gasteiger partial charge in [0.1, 0.15) is 5.82 Å². The van der Waals surface area contributed by atoms with Gasteiger partial charge in [-0.15, -0.1) is 0 Å². The Morgan fingerprint density at radius 3 is 2.92 bits per heavy atom. The van der Waals surface area contributed by atoms with Gasteiger partial charge in [-0.3, -0.25) is 9.59 Å². The van der Waals surface area contributed by atoms with E-state index in [4.69, 9.17) is 0 Å². The Morgan fingerprint density at radius 2 is 2.17 bits per heavy atom. The number of carbonyl (C=O) groups is 1. The van der Waals surface area contributed by atoms with Crippen LogP contribution in [-0.2, 0) is 11.3 Å². The number of carboxylic acids is 1. The van der Waals surface area contributed by atoms with Crippen LogP contribution in [0.4, 0.5) is 10.2 Å². The Labute approximate surface area is 138 Å². The van der Waals surface area contributed by atoms with E-state index in [9.17, 15) is 19.1 Å². The summed E-state index contributed by atoms with van der Waals surface area (Å²) in [7, 11) is 0. The highest BCUT2D eigenvalue weighted by Gasteiger charge is 2.27. The third-order valence-corrected chi connectivity index (χ3v) is 4.26. The molecule has 3 rings (SSSR count). The molecule has 1 aliphatic rings. The van der Waals surface area contributed by atoms with Gasteiger partial charge < -0.3 is 14.6 Å². The fourth-order valence-corrected chi connectivity index (χ4v) is 2.96. The Kier molecular flexibility index (Phi) is 4.59. The maximum atomic E-state index is 13.8. The van der Waals surface area contributed by atoms with E-state index < -0.39 is 11.9 Å². The van der Waals surface area contributed by atoms with Crippen molar-refractivity contribution in [2.45, 2.75) is 19.4 Å². The number of aliphatic carboxylic acids is 1. The van der Waals surface area contributed by atoms with E-state index in [2.05, 4.69) is 4.98 Å². The molecule has 1 saturated heterocycles. The van der Waals surface area contributed by atoms with Crippen molar-refractivity contribution in [3.8, 4) is 0 Å². The fourth-order valence-electron chi connectivity index (χ4n) is 2.96. The van der Waals surface area contributed by atoms with Crippen molar-refractivity contribution >= 4 is 11.8 Å². The maximum Gasteiger partial charge on any atom is 0.308 e. The first-order valence-corrected chi connectivity index (χ1v) is 7.83. The average molecular weight is 331 g/mol. The highest BCUT2D eigenvalue weighted by Crippen LogP contribution is 2.19. The summed E-state index contributed by atoms with van der Waals surface area (Å²) < 4.78 is 15.2. The van der Waals surface area contributed by atoms with Crippen LogP contribution in [0.5, 0.6) is 0 Å². The van der Waals surface area contributed by atoms with Gasteiger partial charge in [-0.2, -0.15) is 0 Å². The summed E-state index contributed by atoms with van der Waals surface area (Å²) in [5, 5.41) is 9.18. The molecule has 1 aromatic heterocycles. The molecule has 0 spiro atoms. The summed E-state index contributed by atoms with van der Waals surface area (Å²) in [6.45, 7) is 0.967. The molecule has 0 aliphatic carbocycles. The lowest BCUT2D eigenvalue weighted by Gasteiger charge is -2.31. The van der Waals surface area contributed by atoms with Crippen LogP contribution in [0.1, 0.15) is 18.4 Å². The standard InChI is InChI=1S/C17H18FN3O3/c18-14-6-2-1-4-12(14)10-21-9-7-19-15(16(21)22)20-8-3-5-13(11-20)17(23)24/h1-2,4,6-7,9,13H,3,5,8,10-11H2,(H,23,24). The van der Waals surface area contributed by atoms with Crippen molar-refractivity contribution < 1.29 is 14.3 Å². The SMILES string of the molecule is O=C(O)C1CCCN(c2nccn(Cc3ccccc3F)c2=O)C1. The van der Waals surface area contributed by atoms with E-state index in [0.29, 0.717) is 24.9 Å². The molecule has 0 saturated carbocycles. The van der Waals surface area contributed by atoms with Crippen molar-refractivity contribution in [1.29, 1.82) is 0 Å². The zero-order chi connectivity index (χ0) is 17.1. The van der Waals surface area contributed by atoms with E-state index in [1.807, 2.05) is 0 Å². The molecular formula is C17H18FN3O3. The third-order valence-electron chi connectivity index (χ3n) is 4.26. The predicted molar refractivity (Wildman–Crippen MR) is 86.6 cm³/mol. The lowest BCUT2D eigenvalue weighted by Crippen LogP contribution is -2.42. The first-order valence-electron chi connectivity index (χ1n) is 7.83. The number of rotatable bonds is 4. The predicted octanol–water partition coefficient (Wildman–Crippen LogP) is 1.73. The molecule has 7 heteroatoms. The van der Waals surface area contributed by atoms with Crippen LogP contribution in [0.3, 0.4) is 0 Å². The van der Waals surface area contributed by atoms with E-state index in [1.54, 1.807) is 23.1 Å². The van der Waals surface area contributed by atoms with Crippen molar-refractivity contribution in [1.82, 2.24) is 9.55 Å². The minimum absolute atomic E-state index is 0.108. The summed E-state index contributed by atoms with van der Waals surface area (Å²) >= 11 is 0. The van der Waals surface area contributed by atoms with Gasteiger partial charge in [-0.05, 0) is 18.9 Å². The lowest BCUT2D eigenvalue weighted by atomic mass is 9.98. The van der Waals surface area contributed by atoms with Crippen molar-refractivity contribution in [2.75, 3.05) is 18.0 Å². The summed E-state index contributed by atoms with van der Waals surface area (Å²) in [6, 6.07) is 6.29. The molecule has 0 bridgehead atoms. The molecule has 0 radical (unpaired) electrons. The van der Waals surface area contributed by atoms with E-state index in [1.165, 1.54) is 23.0 Å². The van der Waals surface area contributed by atoms with Crippen LogP contribution in [-0.4, -0.2) is 33.7 Å². The van der Waals surface area contributed by atoms with Crippen LogP contribution < -0.4 is 10.5 Å². The number of halogens is 1. The highest BCUT2D eigenvalue weighted by molar-refractivity contribution is 5.71. The van der Waals surface area contributed by atoms with Gasteiger partial charge in [0.25, 0.3) is 5.56 Å². The Morgan fingerprint density at radius 1 is 1.38 bits per heavy atom. The molecule has 2 aromatic rings. The highest BCUT2D eigenvalue weighted by atomic mass is 19.1. The first-order chi connectivity index (χ1) is 11.6. The smallest absolute Gasteiger partial charge is 0.308 e. The molecule has 1 unspecified atom stereocenters. The normalized spacial score (nSPS) is 17.7. The zero-order valence-corrected chi connectivity index (χ0v) is 13.1. The number of anilines is 1. The zero-order valence-electron chi connectivity index (χ0n) is 13.1. The van der Waals surface area contributed by atoms with Crippen LogP contribution in [0.2, 0.25) is 0 Å². The number of benzene rings is 1. The number of hydrogen-bond acceptors (Lipinski definition) is 4. The van der Waals surface area contributed by atoms with Gasteiger partial charge in [0.05, 0.1) is 12.5 Å². The van der Waals surface area contributed by atoms with Crippen LogP contribution in [0.25, 0.3) is 0 Å². The molecule has 6 nitrogen and oxygen atoms in total. The van der Waals surface area contributed by atoms with Crippen LogP contribution in [0, 0.1) is 11.7 Å². The van der Waals surface area contributed by atoms with E-state index in [0.717, 1.165) is 0 Å². The molecule has 24 heavy (non-hydrogen) atoms. The van der Waals surface area contributed by atoms with Gasteiger partial charge in [-0.25, -0.2) is 9.37 Å². The summed E-state index contributed by atoms with van der Waals surface area (Å²) in [5.41, 5.74) is 0.0746. The quantitative estimate of drug-likeness (QED) is 0.923. The molecule has 0 amide bonds. The number of aromatic nitrogens is 2. The van der Waals surface area contributed by atoms with Gasteiger partial charge in [0.2, 0.25) is 0 Å². The molecule has 1 aromatic carbocycles. The van der Waals surface area contributed by atoms with Gasteiger partial charge in [0, 0.05) is 31.0 Å². The second kappa shape index (κ2) is 6.82. The number of piperidine rings is 1. The molecule has 1 aliphatic heterocycles. The van der Waals surface area contributed by atoms with Crippen molar-refractivity contribution in [3.63, 3.8) is 0 Å². The fraction of sp³-hybridized carbons (Fsp3) is 0.353. The van der Waals surface area contributed by atoms with Gasteiger partial charge in [0.15, 0.2) is 5.82 Å². The Balaban J connectivity index is 1.87. The number of carboxylic acid groups (broad SMARTS) is 1. The largest absolute Gasteiger partial charge is 0.481 e. The first kappa shape index (κ1) is 16.2. The molecule has 126 valence electrons. The number of nitrogens with zero attached hydrogens (tertiary/aromatic N) is 3. The Hall–Kier alpha value is -2.70. The lowest BCUT2D eigenvalue weighted by molar-refractivity contribution is -0.141. The molecule has 2 heterocycles. The maximum absolute atomic E-state index is 13.8.